The Morgan fingerprint density at radius 1 is 1.35 bits per heavy atom. The van der Waals surface area contributed by atoms with Crippen LogP contribution in [-0.2, 0) is 0 Å². The fraction of sp³-hybridized carbons (Fsp3) is 0.562. The number of likely N-dealkylation sites (tertiary alicyclic amines) is 1. The van der Waals surface area contributed by atoms with Gasteiger partial charge in [0.1, 0.15) is 0 Å². The minimum Gasteiger partial charge on any atom is -0.502 e. The average molecular weight is 320 g/mol. The van der Waals surface area contributed by atoms with Gasteiger partial charge >= 0.3 is 5.69 Å². The summed E-state index contributed by atoms with van der Waals surface area (Å²) in [6, 6.07) is 3.96. The van der Waals surface area contributed by atoms with Crippen LogP contribution in [0.15, 0.2) is 18.2 Å². The number of amides is 1. The second kappa shape index (κ2) is 5.81. The highest BCUT2D eigenvalue weighted by Crippen LogP contribution is 2.40. The summed E-state index contributed by atoms with van der Waals surface area (Å²) in [4.78, 5) is 24.4. The number of aliphatic hydroxyl groups is 1. The van der Waals surface area contributed by atoms with E-state index in [0.717, 1.165) is 25.7 Å². The summed E-state index contributed by atoms with van der Waals surface area (Å²) in [5, 5.41) is 31.6. The average Bonchev–Trinajstić information content (AvgIpc) is 2.53. The van der Waals surface area contributed by atoms with Gasteiger partial charge in [-0.2, -0.15) is 0 Å². The second-order valence-corrected chi connectivity index (χ2v) is 6.48. The fourth-order valence-electron chi connectivity index (χ4n) is 3.78. The van der Waals surface area contributed by atoms with Crippen LogP contribution in [0.3, 0.4) is 0 Å². The van der Waals surface area contributed by atoms with E-state index in [2.05, 4.69) is 0 Å². The molecule has 0 aromatic heterocycles. The topological polar surface area (TPSA) is 104 Å². The van der Waals surface area contributed by atoms with Crippen molar-refractivity contribution < 1.29 is 19.9 Å². The van der Waals surface area contributed by atoms with E-state index in [1.54, 1.807) is 4.90 Å². The molecule has 1 heterocycles. The molecule has 2 atom stereocenters. The number of fused-ring (bicyclic) bond motifs is 1. The van der Waals surface area contributed by atoms with E-state index < -0.39 is 27.9 Å². The first kappa shape index (κ1) is 15.7. The Kier molecular flexibility index (Phi) is 3.97. The number of phenolic OH excluding ortho intramolecular Hbond substituents is 1. The maximum atomic E-state index is 12.6. The number of para-hydroxylation sites is 1. The second-order valence-electron chi connectivity index (χ2n) is 6.48. The lowest BCUT2D eigenvalue weighted by molar-refractivity contribution is -0.385. The Morgan fingerprint density at radius 3 is 2.87 bits per heavy atom. The summed E-state index contributed by atoms with van der Waals surface area (Å²) in [5.41, 5.74) is -1.22. The van der Waals surface area contributed by atoms with Crippen molar-refractivity contribution in [1.29, 1.82) is 0 Å². The summed E-state index contributed by atoms with van der Waals surface area (Å²) >= 11 is 0. The largest absolute Gasteiger partial charge is 0.502 e. The van der Waals surface area contributed by atoms with Crippen molar-refractivity contribution in [2.75, 3.05) is 13.1 Å². The van der Waals surface area contributed by atoms with Gasteiger partial charge in [0.05, 0.1) is 16.1 Å². The van der Waals surface area contributed by atoms with Crippen molar-refractivity contribution in [3.8, 4) is 5.75 Å². The van der Waals surface area contributed by atoms with E-state index in [-0.39, 0.29) is 11.5 Å². The summed E-state index contributed by atoms with van der Waals surface area (Å²) in [6.45, 7) is 0.825. The monoisotopic (exact) mass is 320 g/mol. The van der Waals surface area contributed by atoms with E-state index in [1.165, 1.54) is 18.2 Å². The minimum atomic E-state index is -0.706. The molecule has 0 bridgehead atoms. The molecule has 124 valence electrons. The molecule has 1 aromatic rings. The van der Waals surface area contributed by atoms with Crippen molar-refractivity contribution >= 4 is 11.6 Å². The molecule has 7 heteroatoms. The van der Waals surface area contributed by atoms with Gasteiger partial charge in [-0.05, 0) is 25.3 Å². The maximum Gasteiger partial charge on any atom is 0.311 e. The number of aromatic hydroxyl groups is 1. The Bertz CT molecular complexity index is 647. The third-order valence-corrected chi connectivity index (χ3v) is 5.16. The van der Waals surface area contributed by atoms with Crippen LogP contribution in [0.5, 0.6) is 5.75 Å². The number of nitro benzene ring substituents is 1. The SMILES string of the molecule is O=C(c1cccc([N+](=O)[O-])c1O)N1CC[C@@]2(O)CCCC[C@H]2C1. The highest BCUT2D eigenvalue weighted by atomic mass is 16.6. The third kappa shape index (κ3) is 2.76. The fourth-order valence-corrected chi connectivity index (χ4v) is 3.78. The van der Waals surface area contributed by atoms with Gasteiger partial charge < -0.3 is 15.1 Å². The number of carbonyl (C=O) groups is 1. The molecule has 2 aliphatic rings. The van der Waals surface area contributed by atoms with Crippen LogP contribution in [-0.4, -0.2) is 44.6 Å². The van der Waals surface area contributed by atoms with Crippen molar-refractivity contribution in [1.82, 2.24) is 4.90 Å². The molecule has 0 spiro atoms. The minimum absolute atomic E-state index is 0.0368. The molecular weight excluding hydrogens is 300 g/mol. The first-order valence-corrected chi connectivity index (χ1v) is 7.90. The Labute approximate surface area is 133 Å². The molecule has 2 N–H and O–H groups in total. The number of rotatable bonds is 2. The van der Waals surface area contributed by atoms with Crippen molar-refractivity contribution in [2.24, 2.45) is 5.92 Å². The molecule has 2 fully saturated rings. The zero-order valence-electron chi connectivity index (χ0n) is 12.8. The lowest BCUT2D eigenvalue weighted by Gasteiger charge is -2.47. The standard InChI is InChI=1S/C16H20N2O5/c19-14-12(5-3-6-13(14)18(22)23)15(20)17-9-8-16(21)7-2-1-4-11(16)10-17/h3,5-6,11,19,21H,1-2,4,7-10H2/t11-,16-/m0/s1. The van der Waals surface area contributed by atoms with Crippen LogP contribution in [0.4, 0.5) is 5.69 Å². The molecule has 1 aliphatic carbocycles. The predicted molar refractivity (Wildman–Crippen MR) is 82.2 cm³/mol. The van der Waals surface area contributed by atoms with E-state index in [4.69, 9.17) is 0 Å². The number of phenols is 1. The van der Waals surface area contributed by atoms with Crippen LogP contribution in [0.1, 0.15) is 42.5 Å². The number of piperidine rings is 1. The number of hydrogen-bond donors (Lipinski definition) is 2. The molecule has 7 nitrogen and oxygen atoms in total. The van der Waals surface area contributed by atoms with Gasteiger partial charge in [-0.25, -0.2) is 0 Å². The predicted octanol–water partition coefficient (Wildman–Crippen LogP) is 2.07. The van der Waals surface area contributed by atoms with Crippen LogP contribution in [0.25, 0.3) is 0 Å². The Balaban J connectivity index is 1.82. The molecule has 1 amide bonds. The molecule has 0 radical (unpaired) electrons. The van der Waals surface area contributed by atoms with Gasteiger partial charge in [-0.1, -0.05) is 18.9 Å². The summed E-state index contributed by atoms with van der Waals surface area (Å²) < 4.78 is 0. The molecule has 1 saturated heterocycles. The lowest BCUT2D eigenvalue weighted by atomic mass is 9.71. The van der Waals surface area contributed by atoms with Crippen molar-refractivity contribution in [2.45, 2.75) is 37.7 Å². The summed E-state index contributed by atoms with van der Waals surface area (Å²) in [7, 11) is 0. The molecule has 1 saturated carbocycles. The smallest absolute Gasteiger partial charge is 0.311 e. The van der Waals surface area contributed by atoms with Gasteiger partial charge in [0.25, 0.3) is 5.91 Å². The zero-order chi connectivity index (χ0) is 16.6. The first-order chi connectivity index (χ1) is 10.9. The Morgan fingerprint density at radius 2 is 2.13 bits per heavy atom. The van der Waals surface area contributed by atoms with Gasteiger partial charge in [0, 0.05) is 25.1 Å². The van der Waals surface area contributed by atoms with E-state index in [9.17, 15) is 25.1 Å². The van der Waals surface area contributed by atoms with Crippen molar-refractivity contribution in [3.63, 3.8) is 0 Å². The number of benzene rings is 1. The van der Waals surface area contributed by atoms with Crippen LogP contribution in [0.2, 0.25) is 0 Å². The Hall–Kier alpha value is -2.15. The highest BCUT2D eigenvalue weighted by Gasteiger charge is 2.44. The van der Waals surface area contributed by atoms with E-state index in [1.807, 2.05) is 0 Å². The number of carbonyl (C=O) groups excluding carboxylic acids is 1. The quantitative estimate of drug-likeness (QED) is 0.641. The van der Waals surface area contributed by atoms with E-state index >= 15 is 0 Å². The number of nitro groups is 1. The van der Waals surface area contributed by atoms with Crippen molar-refractivity contribution in [3.05, 3.63) is 33.9 Å². The molecular formula is C16H20N2O5. The molecule has 1 aromatic carbocycles. The van der Waals surface area contributed by atoms with Gasteiger partial charge in [-0.3, -0.25) is 14.9 Å². The van der Waals surface area contributed by atoms with Gasteiger partial charge in [0.15, 0.2) is 0 Å². The normalized spacial score (nSPS) is 27.3. The van der Waals surface area contributed by atoms with E-state index in [0.29, 0.717) is 19.5 Å². The van der Waals surface area contributed by atoms with Crippen LogP contribution in [0, 0.1) is 16.0 Å². The third-order valence-electron chi connectivity index (χ3n) is 5.16. The molecule has 0 unspecified atom stereocenters. The van der Waals surface area contributed by atoms with Gasteiger partial charge in [0.2, 0.25) is 5.75 Å². The van der Waals surface area contributed by atoms with Gasteiger partial charge in [-0.15, -0.1) is 0 Å². The molecule has 23 heavy (non-hydrogen) atoms. The molecule has 1 aliphatic heterocycles. The number of hydrogen-bond acceptors (Lipinski definition) is 5. The highest BCUT2D eigenvalue weighted by molar-refractivity contribution is 5.98. The first-order valence-electron chi connectivity index (χ1n) is 7.90. The zero-order valence-corrected chi connectivity index (χ0v) is 12.8. The van der Waals surface area contributed by atoms with Crippen LogP contribution < -0.4 is 0 Å². The van der Waals surface area contributed by atoms with Crippen LogP contribution >= 0.6 is 0 Å². The summed E-state index contributed by atoms with van der Waals surface area (Å²) in [6.07, 6.45) is 4.20. The molecule has 3 rings (SSSR count). The number of nitrogens with zero attached hydrogens (tertiary/aromatic N) is 2. The maximum absolute atomic E-state index is 12.6. The summed E-state index contributed by atoms with van der Waals surface area (Å²) in [5.74, 6) is -0.972. The lowest BCUT2D eigenvalue weighted by Crippen LogP contribution is -2.54.